The molecular formula is C23H27N5O3S2. The summed E-state index contributed by atoms with van der Waals surface area (Å²) >= 11 is 2.79. The Kier molecular flexibility index (Phi) is 7.04. The van der Waals surface area contributed by atoms with Gasteiger partial charge < -0.3 is 19.5 Å². The van der Waals surface area contributed by atoms with E-state index in [2.05, 4.69) is 21.6 Å². The normalized spacial score (nSPS) is 12.5. The zero-order valence-corrected chi connectivity index (χ0v) is 20.8. The maximum atomic E-state index is 12.7. The number of thiophene rings is 1. The second kappa shape index (κ2) is 9.96. The topological polar surface area (TPSA) is 89.3 Å². The van der Waals surface area contributed by atoms with Gasteiger partial charge in [-0.3, -0.25) is 4.79 Å². The number of aryl methyl sites for hydroxylation is 1. The quantitative estimate of drug-likeness (QED) is 0.381. The van der Waals surface area contributed by atoms with Gasteiger partial charge in [0.25, 0.3) is 0 Å². The molecule has 33 heavy (non-hydrogen) atoms. The van der Waals surface area contributed by atoms with E-state index in [0.29, 0.717) is 22.3 Å². The molecule has 0 saturated carbocycles. The van der Waals surface area contributed by atoms with Gasteiger partial charge in [-0.1, -0.05) is 23.9 Å². The lowest BCUT2D eigenvalue weighted by Crippen LogP contribution is -2.17. The van der Waals surface area contributed by atoms with Crippen LogP contribution in [0.2, 0.25) is 0 Å². The molecule has 2 heterocycles. The number of fused-ring (bicyclic) bond motifs is 1. The third-order valence-corrected chi connectivity index (χ3v) is 7.67. The molecule has 3 aromatic rings. The number of benzene rings is 1. The lowest BCUT2D eigenvalue weighted by atomic mass is 10.1. The molecule has 0 bridgehead atoms. The number of ether oxygens (including phenoxy) is 1. The van der Waals surface area contributed by atoms with E-state index < -0.39 is 0 Å². The summed E-state index contributed by atoms with van der Waals surface area (Å²) < 4.78 is 7.12. The number of rotatable bonds is 8. The first-order chi connectivity index (χ1) is 15.9. The molecule has 1 N–H and O–H groups in total. The fourth-order valence-corrected chi connectivity index (χ4v) is 5.82. The van der Waals surface area contributed by atoms with Crippen molar-refractivity contribution in [1.29, 1.82) is 0 Å². The van der Waals surface area contributed by atoms with Crippen LogP contribution in [0.25, 0.3) is 11.4 Å². The second-order valence-corrected chi connectivity index (χ2v) is 9.98. The van der Waals surface area contributed by atoms with Crippen molar-refractivity contribution in [2.45, 2.75) is 31.3 Å². The lowest BCUT2D eigenvalue weighted by Gasteiger charge is -2.13. The number of nitrogens with one attached hydrogen (secondary N) is 1. The Morgan fingerprint density at radius 3 is 2.85 bits per heavy atom. The smallest absolute Gasteiger partial charge is 0.341 e. The zero-order chi connectivity index (χ0) is 23.5. The third-order valence-electron chi connectivity index (χ3n) is 5.44. The van der Waals surface area contributed by atoms with E-state index in [4.69, 9.17) is 4.74 Å². The molecule has 8 nitrogen and oxygen atoms in total. The second-order valence-electron chi connectivity index (χ2n) is 7.93. The number of carbonyl (C=O) groups is 2. The number of carbonyl (C=O) groups excluding carboxylic acids is 2. The molecule has 174 valence electrons. The molecule has 4 rings (SSSR count). The third kappa shape index (κ3) is 4.91. The zero-order valence-electron chi connectivity index (χ0n) is 19.2. The Labute approximate surface area is 201 Å². The average molecular weight is 486 g/mol. The van der Waals surface area contributed by atoms with E-state index in [1.807, 2.05) is 48.8 Å². The Morgan fingerprint density at radius 1 is 1.27 bits per heavy atom. The van der Waals surface area contributed by atoms with Crippen LogP contribution in [0.15, 0.2) is 29.4 Å². The highest BCUT2D eigenvalue weighted by atomic mass is 32.2. The van der Waals surface area contributed by atoms with E-state index >= 15 is 0 Å². The van der Waals surface area contributed by atoms with Gasteiger partial charge in [-0.05, 0) is 43.9 Å². The number of hydrogen-bond donors (Lipinski definition) is 1. The molecule has 1 aliphatic rings. The number of hydrogen-bond acceptors (Lipinski definition) is 8. The first-order valence-corrected chi connectivity index (χ1v) is 12.6. The number of nitrogens with zero attached hydrogens (tertiary/aromatic N) is 4. The van der Waals surface area contributed by atoms with Crippen LogP contribution in [0, 0.1) is 0 Å². The van der Waals surface area contributed by atoms with E-state index in [1.54, 1.807) is 6.92 Å². The van der Waals surface area contributed by atoms with Crippen LogP contribution < -0.4 is 10.2 Å². The molecule has 0 spiro atoms. The van der Waals surface area contributed by atoms with Crippen molar-refractivity contribution >= 4 is 45.7 Å². The van der Waals surface area contributed by atoms with Gasteiger partial charge in [0.2, 0.25) is 5.91 Å². The van der Waals surface area contributed by atoms with Gasteiger partial charge in [-0.2, -0.15) is 0 Å². The standard InChI is InChI=1S/C23H27N5O3S2/c1-5-31-22(30)19-16-10-7-11-17(16)33-21(19)24-18(29)13-32-23-26-25-20(28(23)4)14-8-6-9-15(12-14)27(2)3/h6,8-9,12H,5,7,10-11,13H2,1-4H3,(H,24,29). The predicted octanol–water partition coefficient (Wildman–Crippen LogP) is 4.01. The molecule has 0 saturated heterocycles. The summed E-state index contributed by atoms with van der Waals surface area (Å²) in [7, 11) is 5.87. The van der Waals surface area contributed by atoms with Crippen molar-refractivity contribution in [3.63, 3.8) is 0 Å². The van der Waals surface area contributed by atoms with Crippen LogP contribution in [-0.2, 0) is 29.4 Å². The molecule has 1 aromatic carbocycles. The van der Waals surface area contributed by atoms with Crippen LogP contribution in [0.4, 0.5) is 10.7 Å². The van der Waals surface area contributed by atoms with Crippen molar-refractivity contribution in [3.05, 3.63) is 40.3 Å². The van der Waals surface area contributed by atoms with Crippen molar-refractivity contribution in [3.8, 4) is 11.4 Å². The number of aromatic nitrogens is 3. The number of amides is 1. The van der Waals surface area contributed by atoms with E-state index in [1.165, 1.54) is 28.0 Å². The van der Waals surface area contributed by atoms with Crippen LogP contribution in [0.5, 0.6) is 0 Å². The van der Waals surface area contributed by atoms with Crippen LogP contribution in [0.1, 0.15) is 34.1 Å². The fraction of sp³-hybridized carbons (Fsp3) is 0.391. The molecule has 0 aliphatic heterocycles. The van der Waals surface area contributed by atoms with E-state index in [-0.39, 0.29) is 17.6 Å². The molecular weight excluding hydrogens is 458 g/mol. The van der Waals surface area contributed by atoms with Gasteiger partial charge in [0.15, 0.2) is 11.0 Å². The number of anilines is 2. The SMILES string of the molecule is CCOC(=O)c1c(NC(=O)CSc2nnc(-c3cccc(N(C)C)c3)n2C)sc2c1CCC2. The minimum absolute atomic E-state index is 0.161. The Morgan fingerprint density at radius 2 is 2.09 bits per heavy atom. The molecule has 0 atom stereocenters. The van der Waals surface area contributed by atoms with E-state index in [0.717, 1.165) is 41.9 Å². The van der Waals surface area contributed by atoms with Gasteiger partial charge in [-0.15, -0.1) is 21.5 Å². The largest absolute Gasteiger partial charge is 0.462 e. The van der Waals surface area contributed by atoms with Gasteiger partial charge in [0.1, 0.15) is 5.00 Å². The average Bonchev–Trinajstić information content (AvgIpc) is 3.47. The minimum atomic E-state index is -0.363. The highest BCUT2D eigenvalue weighted by Crippen LogP contribution is 2.39. The van der Waals surface area contributed by atoms with E-state index in [9.17, 15) is 9.59 Å². The predicted molar refractivity (Wildman–Crippen MR) is 132 cm³/mol. The number of thioether (sulfide) groups is 1. The van der Waals surface area contributed by atoms with Crippen LogP contribution >= 0.6 is 23.1 Å². The first kappa shape index (κ1) is 23.3. The lowest BCUT2D eigenvalue weighted by molar-refractivity contribution is -0.113. The monoisotopic (exact) mass is 485 g/mol. The summed E-state index contributed by atoms with van der Waals surface area (Å²) in [5.74, 6) is 0.345. The van der Waals surface area contributed by atoms with Gasteiger partial charge in [0.05, 0.1) is 17.9 Å². The number of esters is 1. The van der Waals surface area contributed by atoms with Gasteiger partial charge in [-0.25, -0.2) is 4.79 Å². The van der Waals surface area contributed by atoms with Gasteiger partial charge in [0, 0.05) is 37.3 Å². The fourth-order valence-electron chi connectivity index (χ4n) is 3.82. The molecule has 2 aromatic heterocycles. The summed E-state index contributed by atoms with van der Waals surface area (Å²) in [5.41, 5.74) is 3.58. The molecule has 0 radical (unpaired) electrons. The van der Waals surface area contributed by atoms with Crippen molar-refractivity contribution in [2.24, 2.45) is 7.05 Å². The summed E-state index contributed by atoms with van der Waals surface area (Å²) in [4.78, 5) is 28.4. The highest BCUT2D eigenvalue weighted by Gasteiger charge is 2.28. The highest BCUT2D eigenvalue weighted by molar-refractivity contribution is 7.99. The van der Waals surface area contributed by atoms with Crippen molar-refractivity contribution in [1.82, 2.24) is 14.8 Å². The van der Waals surface area contributed by atoms with Gasteiger partial charge >= 0.3 is 5.97 Å². The summed E-state index contributed by atoms with van der Waals surface area (Å²) in [5, 5.41) is 12.7. The molecule has 10 heteroatoms. The van der Waals surface area contributed by atoms with Crippen LogP contribution in [0.3, 0.4) is 0 Å². The molecule has 1 amide bonds. The Bertz CT molecular complexity index is 1180. The van der Waals surface area contributed by atoms with Crippen molar-refractivity contribution in [2.75, 3.05) is 36.7 Å². The Hall–Kier alpha value is -2.85. The maximum absolute atomic E-state index is 12.7. The Balaban J connectivity index is 1.45. The molecule has 1 aliphatic carbocycles. The summed E-state index contributed by atoms with van der Waals surface area (Å²) in [6.07, 6.45) is 2.82. The van der Waals surface area contributed by atoms with Crippen LogP contribution in [-0.4, -0.2) is 53.1 Å². The molecule has 0 fully saturated rings. The first-order valence-electron chi connectivity index (χ1n) is 10.8. The maximum Gasteiger partial charge on any atom is 0.341 e. The van der Waals surface area contributed by atoms with Crippen molar-refractivity contribution < 1.29 is 14.3 Å². The molecule has 0 unspecified atom stereocenters. The summed E-state index contributed by atoms with van der Waals surface area (Å²) in [6.45, 7) is 2.09. The minimum Gasteiger partial charge on any atom is -0.462 e. The summed E-state index contributed by atoms with van der Waals surface area (Å²) in [6, 6.07) is 8.06.